The monoisotopic (exact) mass is 596 g/mol. The quantitative estimate of drug-likeness (QED) is 0.386. The Labute approximate surface area is 182 Å². The molecular formula is C21H25BiNO6. The molecule has 0 heterocycles. The molecule has 0 fully saturated rings. The first-order chi connectivity index (χ1) is 14.0. The molecule has 2 aromatic rings. The van der Waals surface area contributed by atoms with Crippen LogP contribution in [-0.4, -0.2) is 69.3 Å². The molecule has 0 bridgehead atoms. The van der Waals surface area contributed by atoms with Gasteiger partial charge in [-0.1, -0.05) is 0 Å². The molecule has 155 valence electrons. The van der Waals surface area contributed by atoms with Gasteiger partial charge in [0.15, 0.2) is 0 Å². The summed E-state index contributed by atoms with van der Waals surface area (Å²) in [5, 5.41) is 11.8. The molecule has 0 amide bonds. The molecule has 0 spiro atoms. The van der Waals surface area contributed by atoms with Gasteiger partial charge in [0.25, 0.3) is 0 Å². The van der Waals surface area contributed by atoms with Crippen LogP contribution in [0.1, 0.15) is 11.1 Å². The predicted molar refractivity (Wildman–Crippen MR) is 114 cm³/mol. The Morgan fingerprint density at radius 3 is 2.21 bits per heavy atom. The summed E-state index contributed by atoms with van der Waals surface area (Å²) in [6, 6.07) is 9.49. The van der Waals surface area contributed by atoms with Crippen LogP contribution in [0.2, 0.25) is 0 Å². The van der Waals surface area contributed by atoms with Gasteiger partial charge in [0.1, 0.15) is 0 Å². The Morgan fingerprint density at radius 1 is 1.00 bits per heavy atom. The third-order valence-corrected chi connectivity index (χ3v) is 7.60. The van der Waals surface area contributed by atoms with E-state index in [2.05, 4.69) is 9.10 Å². The fourth-order valence-electron chi connectivity index (χ4n) is 2.64. The van der Waals surface area contributed by atoms with Crippen molar-refractivity contribution >= 4 is 41.0 Å². The van der Waals surface area contributed by atoms with Crippen molar-refractivity contribution in [3.8, 4) is 23.0 Å². The molecular weight excluding hydrogens is 571 g/mol. The number of carbonyl (C=O) groups is 1. The van der Waals surface area contributed by atoms with Gasteiger partial charge < -0.3 is 0 Å². The number of carboxylic acids is 1. The number of rotatable bonds is 11. The van der Waals surface area contributed by atoms with E-state index in [4.69, 9.17) is 24.1 Å². The first-order valence-electron chi connectivity index (χ1n) is 8.78. The number of methoxy groups -OCH3 is 4. The normalized spacial score (nSPS) is 10.6. The molecule has 2 rings (SSSR count). The van der Waals surface area contributed by atoms with Crippen molar-refractivity contribution in [3.63, 3.8) is 0 Å². The van der Waals surface area contributed by atoms with Gasteiger partial charge in [-0.3, -0.25) is 0 Å². The van der Waals surface area contributed by atoms with E-state index in [9.17, 15) is 4.79 Å². The molecule has 7 nitrogen and oxygen atoms in total. The zero-order valence-electron chi connectivity index (χ0n) is 16.9. The Balaban J connectivity index is 2.10. The number of carboxylic acid groups (broad SMARTS) is 1. The van der Waals surface area contributed by atoms with Gasteiger partial charge in [-0.2, -0.15) is 0 Å². The van der Waals surface area contributed by atoms with E-state index in [1.54, 1.807) is 28.4 Å². The van der Waals surface area contributed by atoms with E-state index in [1.807, 2.05) is 36.4 Å². The number of hydrogen-bond acceptors (Lipinski definition) is 6. The van der Waals surface area contributed by atoms with Gasteiger partial charge >= 0.3 is 182 Å². The number of benzene rings is 2. The molecule has 0 atom stereocenters. The molecule has 0 aliphatic rings. The summed E-state index contributed by atoms with van der Waals surface area (Å²) in [7, 11) is 6.41. The first-order valence-corrected chi connectivity index (χ1v) is 13.2. The van der Waals surface area contributed by atoms with E-state index in [0.29, 0.717) is 28.7 Å². The van der Waals surface area contributed by atoms with Crippen molar-refractivity contribution in [1.29, 1.82) is 0 Å². The van der Waals surface area contributed by atoms with Gasteiger partial charge in [-0.15, -0.1) is 0 Å². The van der Waals surface area contributed by atoms with Gasteiger partial charge in [-0.05, 0) is 0 Å². The second-order valence-electron chi connectivity index (χ2n) is 5.88. The third-order valence-electron chi connectivity index (χ3n) is 4.07. The zero-order valence-corrected chi connectivity index (χ0v) is 20.4. The summed E-state index contributed by atoms with van der Waals surface area (Å²) in [5.74, 6) is 1.78. The SMILES string of the molecule is COc1cc(OC)c(/C=[CH]/[Bi][CH2]c2ccc(OC)c(NCC(=O)O)c2)c(OC)c1. The van der Waals surface area contributed by atoms with E-state index >= 15 is 0 Å². The second kappa shape index (κ2) is 11.5. The molecule has 0 saturated carbocycles. The standard InChI is InChI=1S/C11H13O3.C10H12NO3.Bi/c1-5-9-10(13-3)6-8(12-2)7-11(9)14-4;1-7-3-4-9(14-2)8(5-7)11-6-10(12)13;/h1,5-7H,2-4H3;3-5,11H,1,6H2,2H3,(H,12,13);. The fourth-order valence-corrected chi connectivity index (χ4v) is 5.63. The zero-order chi connectivity index (χ0) is 21.2. The van der Waals surface area contributed by atoms with Crippen LogP contribution < -0.4 is 24.3 Å². The molecule has 8 heteroatoms. The van der Waals surface area contributed by atoms with Crippen LogP contribution in [0.25, 0.3) is 6.08 Å². The average molecular weight is 596 g/mol. The number of anilines is 1. The molecule has 2 N–H and O–H groups in total. The van der Waals surface area contributed by atoms with E-state index in [1.165, 1.54) is 0 Å². The summed E-state index contributed by atoms with van der Waals surface area (Å²) >= 11 is -0.969. The summed E-state index contributed by atoms with van der Waals surface area (Å²) in [6.45, 7) is -0.155. The Kier molecular flexibility index (Phi) is 9.06. The summed E-state index contributed by atoms with van der Waals surface area (Å²) < 4.78 is 24.7. The maximum absolute atomic E-state index is 10.8. The van der Waals surface area contributed by atoms with E-state index in [0.717, 1.165) is 15.3 Å². The van der Waals surface area contributed by atoms with Crippen LogP contribution in [0.5, 0.6) is 23.0 Å². The van der Waals surface area contributed by atoms with Crippen molar-refractivity contribution in [1.82, 2.24) is 0 Å². The minimum absolute atomic E-state index is 0.155. The molecule has 2 aromatic carbocycles. The van der Waals surface area contributed by atoms with Crippen LogP contribution in [0.3, 0.4) is 0 Å². The van der Waals surface area contributed by atoms with E-state index in [-0.39, 0.29) is 6.54 Å². The van der Waals surface area contributed by atoms with Crippen LogP contribution in [0.4, 0.5) is 5.69 Å². The summed E-state index contributed by atoms with van der Waals surface area (Å²) in [5.41, 5.74) is 2.72. The van der Waals surface area contributed by atoms with Crippen LogP contribution in [0.15, 0.2) is 34.1 Å². The van der Waals surface area contributed by atoms with Crippen molar-refractivity contribution in [3.05, 3.63) is 45.2 Å². The Morgan fingerprint density at radius 2 is 1.66 bits per heavy atom. The van der Waals surface area contributed by atoms with Crippen molar-refractivity contribution < 1.29 is 28.8 Å². The topological polar surface area (TPSA) is 86.2 Å². The number of ether oxygens (including phenoxy) is 4. The summed E-state index contributed by atoms with van der Waals surface area (Å²) in [6.07, 6.45) is 2.04. The van der Waals surface area contributed by atoms with Gasteiger partial charge in [0.2, 0.25) is 0 Å². The third kappa shape index (κ3) is 6.53. The average Bonchev–Trinajstić information content (AvgIpc) is 2.74. The number of nitrogens with one attached hydrogen (secondary N) is 1. The number of aliphatic carboxylic acids is 1. The molecule has 29 heavy (non-hydrogen) atoms. The Hall–Kier alpha value is -2.47. The molecule has 0 aliphatic carbocycles. The van der Waals surface area contributed by atoms with Crippen LogP contribution in [-0.2, 0) is 8.92 Å². The van der Waals surface area contributed by atoms with Gasteiger partial charge in [0.05, 0.1) is 0 Å². The van der Waals surface area contributed by atoms with Crippen LogP contribution >= 0.6 is 0 Å². The molecule has 0 saturated heterocycles. The first kappa shape index (κ1) is 22.8. The summed E-state index contributed by atoms with van der Waals surface area (Å²) in [4.78, 5) is 10.8. The minimum atomic E-state index is -0.969. The Bertz CT molecular complexity index is 843. The molecule has 0 aromatic heterocycles. The van der Waals surface area contributed by atoms with E-state index < -0.39 is 29.2 Å². The molecule has 0 unspecified atom stereocenters. The molecule has 1 radical (unpaired) electrons. The number of hydrogen-bond donors (Lipinski definition) is 2. The maximum atomic E-state index is 10.8. The van der Waals surface area contributed by atoms with Gasteiger partial charge in [-0.25, -0.2) is 0 Å². The molecule has 0 aliphatic heterocycles. The van der Waals surface area contributed by atoms with Crippen molar-refractivity contribution in [2.75, 3.05) is 40.3 Å². The van der Waals surface area contributed by atoms with Crippen molar-refractivity contribution in [2.24, 2.45) is 0 Å². The fraction of sp³-hybridized carbons (Fsp3) is 0.286. The second-order valence-corrected chi connectivity index (χ2v) is 9.69. The predicted octanol–water partition coefficient (Wildman–Crippen LogP) is 3.09. The van der Waals surface area contributed by atoms with Crippen molar-refractivity contribution in [2.45, 2.75) is 4.13 Å². The van der Waals surface area contributed by atoms with Gasteiger partial charge in [0, 0.05) is 0 Å². The van der Waals surface area contributed by atoms with Crippen LogP contribution in [0, 0.1) is 0 Å².